The largest absolute Gasteiger partial charge is 0.349 e. The fourth-order valence-corrected chi connectivity index (χ4v) is 2.39. The van der Waals surface area contributed by atoms with Gasteiger partial charge in [0.1, 0.15) is 0 Å². The van der Waals surface area contributed by atoms with Crippen LogP contribution in [0.15, 0.2) is 29.3 Å². The normalized spacial score (nSPS) is 11.6. The smallest absolute Gasteiger partial charge is 0.195 e. The molecule has 1 aromatic carbocycles. The zero-order chi connectivity index (χ0) is 16.0. The van der Waals surface area contributed by atoms with Crippen LogP contribution in [0, 0.1) is 0 Å². The van der Waals surface area contributed by atoms with Crippen molar-refractivity contribution in [1.29, 1.82) is 0 Å². The molecule has 1 rings (SSSR count). The third-order valence-corrected chi connectivity index (χ3v) is 3.60. The van der Waals surface area contributed by atoms with Crippen molar-refractivity contribution in [3.8, 4) is 0 Å². The minimum atomic E-state index is 0. The number of aryl methyl sites for hydroxylation is 1. The second kappa shape index (κ2) is 10.0. The minimum Gasteiger partial charge on any atom is -0.349 e. The highest BCUT2D eigenvalue weighted by Crippen LogP contribution is 2.19. The summed E-state index contributed by atoms with van der Waals surface area (Å²) in [5, 5.41) is 0. The topological polar surface area (TPSA) is 22.1 Å². The molecule has 1 unspecified atom stereocenters. The van der Waals surface area contributed by atoms with Crippen LogP contribution in [0.4, 0.5) is 0 Å². The van der Waals surface area contributed by atoms with Gasteiger partial charge < -0.3 is 14.7 Å². The summed E-state index contributed by atoms with van der Waals surface area (Å²) in [4.78, 5) is 11.1. The maximum absolute atomic E-state index is 4.79. The van der Waals surface area contributed by atoms with Crippen LogP contribution in [0.1, 0.15) is 24.1 Å². The highest BCUT2D eigenvalue weighted by atomic mass is 127. The van der Waals surface area contributed by atoms with Crippen LogP contribution < -0.4 is 0 Å². The first-order chi connectivity index (χ1) is 9.86. The summed E-state index contributed by atoms with van der Waals surface area (Å²) in [6.07, 6.45) is 1.08. The lowest BCUT2D eigenvalue weighted by atomic mass is 10.0. The van der Waals surface area contributed by atoms with Crippen LogP contribution in [0.2, 0.25) is 0 Å². The molecule has 0 radical (unpaired) electrons. The molecule has 0 aliphatic carbocycles. The number of halogens is 1. The van der Waals surface area contributed by atoms with Crippen molar-refractivity contribution in [3.05, 3.63) is 35.4 Å². The van der Waals surface area contributed by atoms with Crippen LogP contribution in [0.5, 0.6) is 0 Å². The number of benzene rings is 1. The van der Waals surface area contributed by atoms with Gasteiger partial charge >= 0.3 is 0 Å². The molecule has 0 aromatic heterocycles. The summed E-state index contributed by atoms with van der Waals surface area (Å²) in [6, 6.07) is 9.18. The van der Waals surface area contributed by atoms with E-state index in [2.05, 4.69) is 50.2 Å². The number of likely N-dealkylation sites (N-methyl/N-ethyl adjacent to an activating group) is 1. The predicted molar refractivity (Wildman–Crippen MR) is 107 cm³/mol. The van der Waals surface area contributed by atoms with Crippen molar-refractivity contribution < 1.29 is 0 Å². The molecule has 0 saturated heterocycles. The number of rotatable bonds is 5. The summed E-state index contributed by atoms with van der Waals surface area (Å²) < 4.78 is 0. The van der Waals surface area contributed by atoms with Crippen LogP contribution in [0.3, 0.4) is 0 Å². The van der Waals surface area contributed by atoms with Gasteiger partial charge in [0, 0.05) is 28.2 Å². The van der Waals surface area contributed by atoms with Crippen molar-refractivity contribution >= 4 is 29.9 Å². The predicted octanol–water partition coefficient (Wildman–Crippen LogP) is 2.95. The van der Waals surface area contributed by atoms with Gasteiger partial charge in [-0.3, -0.25) is 4.99 Å². The number of hydrogen-bond acceptors (Lipinski definition) is 2. The van der Waals surface area contributed by atoms with Crippen molar-refractivity contribution in [2.45, 2.75) is 19.4 Å². The van der Waals surface area contributed by atoms with E-state index in [1.165, 1.54) is 11.1 Å². The first kappa shape index (κ1) is 21.2. The van der Waals surface area contributed by atoms with E-state index in [9.17, 15) is 0 Å². The van der Waals surface area contributed by atoms with E-state index in [0.29, 0.717) is 6.04 Å². The molecule has 0 heterocycles. The lowest BCUT2D eigenvalue weighted by Crippen LogP contribution is -2.36. The summed E-state index contributed by atoms with van der Waals surface area (Å²) in [6.45, 7) is 2.94. The zero-order valence-corrected chi connectivity index (χ0v) is 17.3. The Hall–Kier alpha value is -0.820. The summed E-state index contributed by atoms with van der Waals surface area (Å²) in [5.74, 6) is 0.993. The maximum atomic E-state index is 4.79. The van der Waals surface area contributed by atoms with E-state index < -0.39 is 0 Å². The van der Waals surface area contributed by atoms with Gasteiger partial charge in [-0.05, 0) is 31.6 Å². The molecular formula is C17H31IN4. The molecular weight excluding hydrogens is 387 g/mol. The molecule has 5 heteroatoms. The van der Waals surface area contributed by atoms with Crippen LogP contribution >= 0.6 is 24.0 Å². The number of aliphatic imine (C=N–C) groups is 1. The number of hydrogen-bond donors (Lipinski definition) is 0. The first-order valence-corrected chi connectivity index (χ1v) is 7.51. The van der Waals surface area contributed by atoms with Gasteiger partial charge in [-0.2, -0.15) is 0 Å². The SMILES string of the molecule is CCc1ccc(C(CN=C(N(C)C)N(C)C)N(C)C)cc1.I. The lowest BCUT2D eigenvalue weighted by molar-refractivity contribution is 0.304. The molecule has 0 N–H and O–H groups in total. The van der Waals surface area contributed by atoms with E-state index in [-0.39, 0.29) is 24.0 Å². The van der Waals surface area contributed by atoms with E-state index >= 15 is 0 Å². The van der Waals surface area contributed by atoms with Crippen LogP contribution in [-0.4, -0.2) is 69.5 Å². The lowest BCUT2D eigenvalue weighted by Gasteiger charge is -2.27. The Bertz CT molecular complexity index is 442. The van der Waals surface area contributed by atoms with Crippen molar-refractivity contribution in [1.82, 2.24) is 14.7 Å². The Balaban J connectivity index is 0.00000441. The van der Waals surface area contributed by atoms with Crippen molar-refractivity contribution in [2.24, 2.45) is 4.99 Å². The van der Waals surface area contributed by atoms with Crippen LogP contribution in [-0.2, 0) is 6.42 Å². The standard InChI is InChI=1S/C17H30N4.HI/c1-8-14-9-11-15(12-10-14)16(19(2)3)13-18-17(20(4)5)21(6)7;/h9-12,16H,8,13H2,1-7H3;1H. The second-order valence-corrected chi connectivity index (χ2v) is 6.00. The van der Waals surface area contributed by atoms with E-state index in [1.54, 1.807) is 0 Å². The van der Waals surface area contributed by atoms with Gasteiger partial charge in [0.25, 0.3) is 0 Å². The van der Waals surface area contributed by atoms with Crippen LogP contribution in [0.25, 0.3) is 0 Å². The Labute approximate surface area is 153 Å². The molecule has 4 nitrogen and oxygen atoms in total. The molecule has 0 spiro atoms. The Morgan fingerprint density at radius 2 is 1.45 bits per heavy atom. The molecule has 126 valence electrons. The van der Waals surface area contributed by atoms with E-state index in [0.717, 1.165) is 18.9 Å². The number of nitrogens with zero attached hydrogens (tertiary/aromatic N) is 4. The molecule has 1 atom stereocenters. The van der Waals surface area contributed by atoms with Crippen molar-refractivity contribution in [3.63, 3.8) is 0 Å². The quantitative estimate of drug-likeness (QED) is 0.417. The Morgan fingerprint density at radius 1 is 0.955 bits per heavy atom. The average Bonchev–Trinajstić information content (AvgIpc) is 2.42. The fourth-order valence-electron chi connectivity index (χ4n) is 2.39. The van der Waals surface area contributed by atoms with Gasteiger partial charge in [-0.1, -0.05) is 31.2 Å². The zero-order valence-electron chi connectivity index (χ0n) is 15.0. The average molecular weight is 418 g/mol. The molecule has 0 amide bonds. The van der Waals surface area contributed by atoms with Gasteiger partial charge in [0.15, 0.2) is 5.96 Å². The summed E-state index contributed by atoms with van der Waals surface area (Å²) >= 11 is 0. The minimum absolute atomic E-state index is 0. The molecule has 0 bridgehead atoms. The molecule has 0 aliphatic rings. The first-order valence-electron chi connectivity index (χ1n) is 7.51. The van der Waals surface area contributed by atoms with E-state index in [4.69, 9.17) is 4.99 Å². The Morgan fingerprint density at radius 3 is 1.82 bits per heavy atom. The van der Waals surface area contributed by atoms with Gasteiger partial charge in [-0.15, -0.1) is 24.0 Å². The molecule has 0 fully saturated rings. The van der Waals surface area contributed by atoms with E-state index in [1.807, 2.05) is 38.0 Å². The highest BCUT2D eigenvalue weighted by molar-refractivity contribution is 14.0. The molecule has 1 aromatic rings. The monoisotopic (exact) mass is 418 g/mol. The molecule has 0 aliphatic heterocycles. The third-order valence-electron chi connectivity index (χ3n) is 3.60. The van der Waals surface area contributed by atoms with Gasteiger partial charge in [0.05, 0.1) is 12.6 Å². The Kier molecular flexibility index (Phi) is 9.67. The van der Waals surface area contributed by atoms with Gasteiger partial charge in [-0.25, -0.2) is 0 Å². The summed E-state index contributed by atoms with van der Waals surface area (Å²) in [7, 11) is 12.3. The fraction of sp³-hybridized carbons (Fsp3) is 0.588. The summed E-state index contributed by atoms with van der Waals surface area (Å²) in [5.41, 5.74) is 2.69. The molecule has 22 heavy (non-hydrogen) atoms. The maximum Gasteiger partial charge on any atom is 0.195 e. The van der Waals surface area contributed by atoms with Crippen molar-refractivity contribution in [2.75, 3.05) is 48.8 Å². The third kappa shape index (κ3) is 6.12. The second-order valence-electron chi connectivity index (χ2n) is 6.00. The number of guanidine groups is 1. The highest BCUT2D eigenvalue weighted by Gasteiger charge is 2.15. The van der Waals surface area contributed by atoms with Gasteiger partial charge in [0.2, 0.25) is 0 Å². The molecule has 0 saturated carbocycles.